The second-order valence-corrected chi connectivity index (χ2v) is 4.84. The Kier molecular flexibility index (Phi) is 3.22. The van der Waals surface area contributed by atoms with Crippen LogP contribution in [0.2, 0.25) is 5.02 Å². The molecule has 6 heteroatoms. The minimum Gasteiger partial charge on any atom is -0.379 e. The molecule has 1 N–H and O–H groups in total. The van der Waals surface area contributed by atoms with Crippen LogP contribution in [0.4, 0.5) is 11.4 Å². The maximum Gasteiger partial charge on any atom is 0.293 e. The van der Waals surface area contributed by atoms with Crippen LogP contribution >= 0.6 is 11.6 Å². The van der Waals surface area contributed by atoms with Crippen LogP contribution in [0, 0.1) is 10.1 Å². The normalized spacial score (nSPS) is 23.6. The summed E-state index contributed by atoms with van der Waals surface area (Å²) in [7, 11) is 0. The van der Waals surface area contributed by atoms with E-state index < -0.39 is 4.92 Å². The largest absolute Gasteiger partial charge is 0.379 e. The van der Waals surface area contributed by atoms with Crippen molar-refractivity contribution in [3.8, 4) is 0 Å². The molecule has 1 aromatic rings. The van der Waals surface area contributed by atoms with Crippen molar-refractivity contribution < 1.29 is 9.66 Å². The third-order valence-electron chi connectivity index (χ3n) is 2.81. The molecular weight excluding hydrogens is 244 g/mol. The SMILES string of the molecule is CC1(Nc2ccc(Cl)cc2[N+](=O)[O-])CCOC1. The van der Waals surface area contributed by atoms with E-state index in [1.807, 2.05) is 6.92 Å². The second kappa shape index (κ2) is 4.50. The molecule has 92 valence electrons. The number of ether oxygens (including phenoxy) is 1. The van der Waals surface area contributed by atoms with Gasteiger partial charge in [-0.2, -0.15) is 0 Å². The van der Waals surface area contributed by atoms with Crippen molar-refractivity contribution in [2.45, 2.75) is 18.9 Å². The van der Waals surface area contributed by atoms with Gasteiger partial charge in [0.25, 0.3) is 5.69 Å². The molecule has 0 saturated carbocycles. The van der Waals surface area contributed by atoms with Crippen LogP contribution in [0.15, 0.2) is 18.2 Å². The highest BCUT2D eigenvalue weighted by molar-refractivity contribution is 6.30. The number of nitrogens with zero attached hydrogens (tertiary/aromatic N) is 1. The van der Waals surface area contributed by atoms with Crippen molar-refractivity contribution >= 4 is 23.0 Å². The van der Waals surface area contributed by atoms with Crippen molar-refractivity contribution in [2.24, 2.45) is 0 Å². The van der Waals surface area contributed by atoms with Gasteiger partial charge in [-0.25, -0.2) is 0 Å². The monoisotopic (exact) mass is 256 g/mol. The third-order valence-corrected chi connectivity index (χ3v) is 3.05. The average Bonchev–Trinajstić information content (AvgIpc) is 2.67. The summed E-state index contributed by atoms with van der Waals surface area (Å²) in [4.78, 5) is 10.5. The van der Waals surface area contributed by atoms with Crippen LogP contribution in [0.3, 0.4) is 0 Å². The molecule has 1 saturated heterocycles. The van der Waals surface area contributed by atoms with E-state index in [0.717, 1.165) is 6.42 Å². The molecule has 1 heterocycles. The van der Waals surface area contributed by atoms with Gasteiger partial charge >= 0.3 is 0 Å². The summed E-state index contributed by atoms with van der Waals surface area (Å²) in [5.74, 6) is 0. The van der Waals surface area contributed by atoms with E-state index in [9.17, 15) is 10.1 Å². The summed E-state index contributed by atoms with van der Waals surface area (Å²) in [5, 5.41) is 14.5. The van der Waals surface area contributed by atoms with Gasteiger partial charge in [0.15, 0.2) is 0 Å². The zero-order chi connectivity index (χ0) is 12.5. The zero-order valence-electron chi connectivity index (χ0n) is 9.40. The smallest absolute Gasteiger partial charge is 0.293 e. The molecule has 5 nitrogen and oxygen atoms in total. The minimum atomic E-state index is -0.437. The molecule has 1 aliphatic rings. The first-order valence-electron chi connectivity index (χ1n) is 5.30. The Hall–Kier alpha value is -1.33. The highest BCUT2D eigenvalue weighted by Gasteiger charge is 2.31. The van der Waals surface area contributed by atoms with Crippen molar-refractivity contribution in [2.75, 3.05) is 18.5 Å². The number of nitro groups is 1. The van der Waals surface area contributed by atoms with E-state index in [0.29, 0.717) is 23.9 Å². The molecule has 1 fully saturated rings. The van der Waals surface area contributed by atoms with Gasteiger partial charge in [0.1, 0.15) is 5.69 Å². The van der Waals surface area contributed by atoms with Gasteiger partial charge in [0.2, 0.25) is 0 Å². The number of rotatable bonds is 3. The molecule has 1 aliphatic heterocycles. The maximum absolute atomic E-state index is 10.9. The molecule has 2 rings (SSSR count). The first-order chi connectivity index (χ1) is 8.00. The molecule has 1 atom stereocenters. The molecule has 0 spiro atoms. The summed E-state index contributed by atoms with van der Waals surface area (Å²) >= 11 is 5.76. The van der Waals surface area contributed by atoms with Crippen molar-refractivity contribution in [1.29, 1.82) is 0 Å². The van der Waals surface area contributed by atoms with Gasteiger partial charge in [-0.3, -0.25) is 10.1 Å². The predicted octanol–water partition coefficient (Wildman–Crippen LogP) is 2.84. The van der Waals surface area contributed by atoms with Crippen molar-refractivity contribution in [3.63, 3.8) is 0 Å². The topological polar surface area (TPSA) is 64.4 Å². The van der Waals surface area contributed by atoms with Crippen LogP contribution in [0.1, 0.15) is 13.3 Å². The third kappa shape index (κ3) is 2.68. The molecule has 0 aliphatic carbocycles. The van der Waals surface area contributed by atoms with Gasteiger partial charge in [-0.05, 0) is 25.5 Å². The number of hydrogen-bond acceptors (Lipinski definition) is 4. The molecule has 17 heavy (non-hydrogen) atoms. The fraction of sp³-hybridized carbons (Fsp3) is 0.455. The summed E-state index contributed by atoms with van der Waals surface area (Å²) in [6.45, 7) is 3.20. The number of halogens is 1. The molecule has 1 unspecified atom stereocenters. The zero-order valence-corrected chi connectivity index (χ0v) is 10.2. The van der Waals surface area contributed by atoms with E-state index in [1.165, 1.54) is 6.07 Å². The van der Waals surface area contributed by atoms with Crippen LogP contribution < -0.4 is 5.32 Å². The Morgan fingerprint density at radius 2 is 2.35 bits per heavy atom. The van der Waals surface area contributed by atoms with Gasteiger partial charge in [0, 0.05) is 17.7 Å². The summed E-state index contributed by atoms with van der Waals surface area (Å²) in [5.41, 5.74) is 0.219. The molecule has 0 aromatic heterocycles. The average molecular weight is 257 g/mol. The van der Waals surface area contributed by atoms with Crippen molar-refractivity contribution in [3.05, 3.63) is 33.3 Å². The Balaban J connectivity index is 2.28. The lowest BCUT2D eigenvalue weighted by atomic mass is 10.0. The standard InChI is InChI=1S/C11H13ClN2O3/c1-11(4-5-17-7-11)13-9-3-2-8(12)6-10(9)14(15)16/h2-3,6,13H,4-5,7H2,1H3. The van der Waals surface area contributed by atoms with E-state index in [1.54, 1.807) is 12.1 Å². The Labute approximate surface area is 104 Å². The molecule has 1 aromatic carbocycles. The Morgan fingerprint density at radius 3 is 2.94 bits per heavy atom. The van der Waals surface area contributed by atoms with Gasteiger partial charge in [-0.1, -0.05) is 11.6 Å². The lowest BCUT2D eigenvalue weighted by Gasteiger charge is -2.24. The number of anilines is 1. The summed E-state index contributed by atoms with van der Waals surface area (Å²) in [6, 6.07) is 4.61. The fourth-order valence-corrected chi connectivity index (χ4v) is 2.02. The number of nitrogens with one attached hydrogen (secondary N) is 1. The van der Waals surface area contributed by atoms with E-state index in [4.69, 9.17) is 16.3 Å². The van der Waals surface area contributed by atoms with Gasteiger partial charge in [-0.15, -0.1) is 0 Å². The van der Waals surface area contributed by atoms with Crippen LogP contribution in [-0.4, -0.2) is 23.7 Å². The first-order valence-corrected chi connectivity index (χ1v) is 5.68. The quantitative estimate of drug-likeness (QED) is 0.667. The van der Waals surface area contributed by atoms with Gasteiger partial charge in [0.05, 0.1) is 17.1 Å². The maximum atomic E-state index is 10.9. The molecular formula is C11H13ClN2O3. The lowest BCUT2D eigenvalue weighted by Crippen LogP contribution is -2.35. The van der Waals surface area contributed by atoms with Crippen LogP contribution in [0.5, 0.6) is 0 Å². The number of hydrogen-bond donors (Lipinski definition) is 1. The Bertz CT molecular complexity index is 444. The van der Waals surface area contributed by atoms with Crippen LogP contribution in [-0.2, 0) is 4.74 Å². The van der Waals surface area contributed by atoms with E-state index >= 15 is 0 Å². The summed E-state index contributed by atoms with van der Waals surface area (Å²) < 4.78 is 5.30. The molecule has 0 bridgehead atoms. The highest BCUT2D eigenvalue weighted by Crippen LogP contribution is 2.32. The van der Waals surface area contributed by atoms with Crippen LogP contribution in [0.25, 0.3) is 0 Å². The lowest BCUT2D eigenvalue weighted by molar-refractivity contribution is -0.384. The number of benzene rings is 1. The molecule has 0 radical (unpaired) electrons. The highest BCUT2D eigenvalue weighted by atomic mass is 35.5. The van der Waals surface area contributed by atoms with E-state index in [-0.39, 0.29) is 11.2 Å². The van der Waals surface area contributed by atoms with Gasteiger partial charge < -0.3 is 10.1 Å². The predicted molar refractivity (Wildman–Crippen MR) is 65.6 cm³/mol. The first kappa shape index (κ1) is 12.1. The van der Waals surface area contributed by atoms with Crippen molar-refractivity contribution in [1.82, 2.24) is 0 Å². The summed E-state index contributed by atoms with van der Waals surface area (Å²) in [6.07, 6.45) is 0.826. The number of nitro benzene ring substituents is 1. The Morgan fingerprint density at radius 1 is 1.59 bits per heavy atom. The fourth-order valence-electron chi connectivity index (χ4n) is 1.85. The molecule has 0 amide bonds. The second-order valence-electron chi connectivity index (χ2n) is 4.41. The minimum absolute atomic E-state index is 0.00868. The van der Waals surface area contributed by atoms with E-state index in [2.05, 4.69) is 5.32 Å².